The summed E-state index contributed by atoms with van der Waals surface area (Å²) in [7, 11) is -2.88. The van der Waals surface area contributed by atoms with Gasteiger partial charge < -0.3 is 16.0 Å². The van der Waals surface area contributed by atoms with Crippen LogP contribution in [0, 0.1) is 11.8 Å². The second kappa shape index (κ2) is 10.1. The minimum atomic E-state index is -2.88. The lowest BCUT2D eigenvalue weighted by Crippen LogP contribution is -2.37. The van der Waals surface area contributed by atoms with E-state index in [2.05, 4.69) is 30.9 Å². The summed E-state index contributed by atoms with van der Waals surface area (Å²) in [5.74, 6) is 1.63. The quantitative estimate of drug-likeness (QED) is 0.577. The van der Waals surface area contributed by atoms with E-state index >= 15 is 0 Å². The third kappa shape index (κ3) is 5.93. The minimum absolute atomic E-state index is 0.0611. The number of amides is 1. The first-order valence-corrected chi connectivity index (χ1v) is 13.0. The van der Waals surface area contributed by atoms with E-state index in [0.717, 1.165) is 19.4 Å². The van der Waals surface area contributed by atoms with Crippen LogP contribution < -0.4 is 16.0 Å². The topological polar surface area (TPSA) is 126 Å². The fourth-order valence-electron chi connectivity index (χ4n) is 3.98. The van der Waals surface area contributed by atoms with Gasteiger partial charge in [0.25, 0.3) is 0 Å². The van der Waals surface area contributed by atoms with Crippen LogP contribution in [0.15, 0.2) is 24.7 Å². The predicted molar refractivity (Wildman–Crippen MR) is 124 cm³/mol. The van der Waals surface area contributed by atoms with Gasteiger partial charge in [0.2, 0.25) is 5.91 Å². The zero-order valence-corrected chi connectivity index (χ0v) is 19.3. The second-order valence-electron chi connectivity index (χ2n) is 8.35. The molecule has 4 rings (SSSR count). The zero-order chi connectivity index (χ0) is 22.6. The standard InChI is InChI=1S/C21H27ClN6O3S/c22-17-11-26-19(28-21(29)15-2-1-5-23-10-15)8-16(17)18-12-24-13-20(27-18)25-9-14-3-6-32(30,31)7-4-14/h8,11-15,23H,1-7,9-10H2,(H,25,27)(H,26,28,29). The molecule has 1 atom stereocenters. The molecule has 2 fully saturated rings. The molecule has 0 saturated carbocycles. The highest BCUT2D eigenvalue weighted by Crippen LogP contribution is 2.29. The summed E-state index contributed by atoms with van der Waals surface area (Å²) in [5, 5.41) is 9.78. The van der Waals surface area contributed by atoms with E-state index in [1.54, 1.807) is 18.5 Å². The molecule has 1 unspecified atom stereocenters. The molecule has 2 aliphatic heterocycles. The largest absolute Gasteiger partial charge is 0.368 e. The summed E-state index contributed by atoms with van der Waals surface area (Å²) in [6, 6.07) is 1.70. The van der Waals surface area contributed by atoms with E-state index in [9.17, 15) is 13.2 Å². The van der Waals surface area contributed by atoms with Crippen molar-refractivity contribution in [3.63, 3.8) is 0 Å². The summed E-state index contributed by atoms with van der Waals surface area (Å²) in [5.41, 5.74) is 1.18. The first-order chi connectivity index (χ1) is 15.4. The summed E-state index contributed by atoms with van der Waals surface area (Å²) in [4.78, 5) is 25.6. The molecule has 9 nitrogen and oxygen atoms in total. The number of anilines is 2. The van der Waals surface area contributed by atoms with Crippen molar-refractivity contribution in [2.45, 2.75) is 25.7 Å². The minimum Gasteiger partial charge on any atom is -0.368 e. The first-order valence-electron chi connectivity index (χ1n) is 10.8. The fraction of sp³-hybridized carbons (Fsp3) is 0.524. The van der Waals surface area contributed by atoms with E-state index in [0.29, 0.717) is 53.8 Å². The van der Waals surface area contributed by atoms with Gasteiger partial charge in [-0.1, -0.05) is 11.6 Å². The van der Waals surface area contributed by atoms with Crippen LogP contribution in [-0.4, -0.2) is 60.4 Å². The Labute approximate surface area is 192 Å². The highest BCUT2D eigenvalue weighted by atomic mass is 35.5. The zero-order valence-electron chi connectivity index (χ0n) is 17.7. The average molecular weight is 479 g/mol. The number of hydrogen-bond donors (Lipinski definition) is 3. The molecule has 172 valence electrons. The molecule has 2 aromatic heterocycles. The highest BCUT2D eigenvalue weighted by Gasteiger charge is 2.24. The molecule has 4 heterocycles. The third-order valence-electron chi connectivity index (χ3n) is 5.93. The lowest BCUT2D eigenvalue weighted by Gasteiger charge is -2.22. The molecular weight excluding hydrogens is 452 g/mol. The summed E-state index contributed by atoms with van der Waals surface area (Å²) in [6.45, 7) is 2.24. The maximum Gasteiger partial charge on any atom is 0.229 e. The number of rotatable bonds is 6. The van der Waals surface area contributed by atoms with E-state index in [1.165, 1.54) is 6.20 Å². The number of halogens is 1. The van der Waals surface area contributed by atoms with Crippen molar-refractivity contribution >= 4 is 39.0 Å². The Bertz CT molecular complexity index is 1060. The second-order valence-corrected chi connectivity index (χ2v) is 11.1. The molecule has 0 spiro atoms. The number of carbonyl (C=O) groups excluding carboxylic acids is 1. The monoisotopic (exact) mass is 478 g/mol. The number of aromatic nitrogens is 3. The molecule has 2 aliphatic rings. The lowest BCUT2D eigenvalue weighted by molar-refractivity contribution is -0.120. The SMILES string of the molecule is O=C(Nc1cc(-c2cncc(NCC3CCS(=O)(=O)CC3)n2)c(Cl)cn1)C1CCCNC1. The molecular formula is C21H27ClN6O3S. The molecule has 2 saturated heterocycles. The Kier molecular flexibility index (Phi) is 7.22. The van der Waals surface area contributed by atoms with E-state index in [4.69, 9.17) is 11.6 Å². The van der Waals surface area contributed by atoms with Gasteiger partial charge in [0, 0.05) is 24.8 Å². The molecule has 0 aliphatic carbocycles. The van der Waals surface area contributed by atoms with Crippen LogP contribution in [0.3, 0.4) is 0 Å². The number of carbonyl (C=O) groups is 1. The Morgan fingerprint density at radius 2 is 1.97 bits per heavy atom. The van der Waals surface area contributed by atoms with Gasteiger partial charge >= 0.3 is 0 Å². The molecule has 2 aromatic rings. The molecule has 11 heteroatoms. The maximum atomic E-state index is 12.5. The Morgan fingerprint density at radius 3 is 2.72 bits per heavy atom. The molecule has 0 radical (unpaired) electrons. The van der Waals surface area contributed by atoms with Crippen molar-refractivity contribution < 1.29 is 13.2 Å². The fourth-order valence-corrected chi connectivity index (χ4v) is 5.77. The lowest BCUT2D eigenvalue weighted by atomic mass is 9.99. The molecule has 0 bridgehead atoms. The summed E-state index contributed by atoms with van der Waals surface area (Å²) >= 11 is 6.36. The summed E-state index contributed by atoms with van der Waals surface area (Å²) < 4.78 is 23.2. The third-order valence-corrected chi connectivity index (χ3v) is 7.95. The molecule has 0 aromatic carbocycles. The van der Waals surface area contributed by atoms with Crippen molar-refractivity contribution in [3.05, 3.63) is 29.7 Å². The Balaban J connectivity index is 1.42. The smallest absolute Gasteiger partial charge is 0.229 e. The van der Waals surface area contributed by atoms with Gasteiger partial charge in [0.15, 0.2) is 0 Å². The Morgan fingerprint density at radius 1 is 1.16 bits per heavy atom. The highest BCUT2D eigenvalue weighted by molar-refractivity contribution is 7.91. The Hall–Kier alpha value is -2.30. The molecule has 3 N–H and O–H groups in total. The van der Waals surface area contributed by atoms with Crippen molar-refractivity contribution in [1.29, 1.82) is 0 Å². The van der Waals surface area contributed by atoms with Gasteiger partial charge in [-0.05, 0) is 44.2 Å². The van der Waals surface area contributed by atoms with Crippen molar-refractivity contribution in [1.82, 2.24) is 20.3 Å². The number of sulfone groups is 1. The van der Waals surface area contributed by atoms with Crippen LogP contribution in [0.25, 0.3) is 11.3 Å². The van der Waals surface area contributed by atoms with E-state index in [1.807, 2.05) is 0 Å². The number of nitrogens with zero attached hydrogens (tertiary/aromatic N) is 3. The summed E-state index contributed by atoms with van der Waals surface area (Å²) in [6.07, 6.45) is 7.86. The number of nitrogens with one attached hydrogen (secondary N) is 3. The van der Waals surface area contributed by atoms with Crippen LogP contribution in [0.4, 0.5) is 11.6 Å². The maximum absolute atomic E-state index is 12.5. The molecule has 32 heavy (non-hydrogen) atoms. The van der Waals surface area contributed by atoms with Crippen molar-refractivity contribution in [2.75, 3.05) is 41.8 Å². The number of pyridine rings is 1. The van der Waals surface area contributed by atoms with Crippen LogP contribution in [0.2, 0.25) is 5.02 Å². The van der Waals surface area contributed by atoms with Crippen LogP contribution >= 0.6 is 11.6 Å². The average Bonchev–Trinajstić information content (AvgIpc) is 2.80. The van der Waals surface area contributed by atoms with Crippen LogP contribution in [0.5, 0.6) is 0 Å². The van der Waals surface area contributed by atoms with Gasteiger partial charge in [0.05, 0.1) is 40.5 Å². The first kappa shape index (κ1) is 22.9. The predicted octanol–water partition coefficient (Wildman–Crippen LogP) is 2.37. The van der Waals surface area contributed by atoms with Crippen LogP contribution in [-0.2, 0) is 14.6 Å². The van der Waals surface area contributed by atoms with Crippen molar-refractivity contribution in [2.24, 2.45) is 11.8 Å². The number of hydrogen-bond acceptors (Lipinski definition) is 8. The van der Waals surface area contributed by atoms with Gasteiger partial charge in [-0.25, -0.2) is 18.4 Å². The van der Waals surface area contributed by atoms with Gasteiger partial charge in [0.1, 0.15) is 21.5 Å². The van der Waals surface area contributed by atoms with Crippen LogP contribution in [0.1, 0.15) is 25.7 Å². The van der Waals surface area contributed by atoms with E-state index < -0.39 is 9.84 Å². The van der Waals surface area contributed by atoms with Gasteiger partial charge in [-0.15, -0.1) is 0 Å². The van der Waals surface area contributed by atoms with E-state index in [-0.39, 0.29) is 29.2 Å². The molecule has 1 amide bonds. The van der Waals surface area contributed by atoms with Gasteiger partial charge in [-0.2, -0.15) is 0 Å². The number of piperidine rings is 1. The van der Waals surface area contributed by atoms with Gasteiger partial charge in [-0.3, -0.25) is 9.78 Å². The van der Waals surface area contributed by atoms with Crippen molar-refractivity contribution in [3.8, 4) is 11.3 Å². The normalized spacial score (nSPS) is 21.1.